The Labute approximate surface area is 309 Å². The Hall–Kier alpha value is -3.36. The SMILES string of the molecule is C[C@H]1O[C@H](COC(=O)c2ccc(Br)cc2)[C@@H](OC(=O)c2ccc(Br)cc2)[C@H](OC(=O)c2ccc(Br)cc2)[C@H]1OC(=O)c1ccc(Br)cc1. The van der Waals surface area contributed by atoms with Gasteiger partial charge in [-0.3, -0.25) is 0 Å². The normalized spacial score (nSPS) is 20.3. The molecule has 5 rings (SSSR count). The zero-order valence-electron chi connectivity index (χ0n) is 25.0. The van der Waals surface area contributed by atoms with Crippen LogP contribution in [0, 0.1) is 0 Å². The van der Waals surface area contributed by atoms with Gasteiger partial charge in [0.2, 0.25) is 0 Å². The molecule has 48 heavy (non-hydrogen) atoms. The molecule has 0 bridgehead atoms. The van der Waals surface area contributed by atoms with E-state index in [0.29, 0.717) is 0 Å². The minimum absolute atomic E-state index is 0.198. The number of hydrogen-bond acceptors (Lipinski definition) is 9. The summed E-state index contributed by atoms with van der Waals surface area (Å²) in [5.74, 6) is -2.89. The maximum absolute atomic E-state index is 13.5. The maximum atomic E-state index is 13.5. The Bertz CT molecular complexity index is 1760. The van der Waals surface area contributed by atoms with E-state index in [-0.39, 0.29) is 28.9 Å². The van der Waals surface area contributed by atoms with Crippen LogP contribution in [-0.2, 0) is 23.7 Å². The third kappa shape index (κ3) is 9.20. The molecule has 0 saturated carbocycles. The number of benzene rings is 4. The first-order chi connectivity index (χ1) is 23.0. The van der Waals surface area contributed by atoms with Crippen LogP contribution in [0.5, 0.6) is 0 Å². The fourth-order valence-electron chi connectivity index (χ4n) is 4.83. The minimum Gasteiger partial charge on any atom is -0.459 e. The number of hydrogen-bond donors (Lipinski definition) is 0. The first-order valence-electron chi connectivity index (χ1n) is 14.5. The Morgan fingerprint density at radius 3 is 1.19 bits per heavy atom. The van der Waals surface area contributed by atoms with Gasteiger partial charge in [-0.15, -0.1) is 0 Å². The zero-order chi connectivity index (χ0) is 34.4. The second kappa shape index (κ2) is 16.4. The van der Waals surface area contributed by atoms with Crippen molar-refractivity contribution in [2.45, 2.75) is 37.4 Å². The standard InChI is InChI=1S/C35H26Br4O9/c1-19-29(46-33(41)21-4-12-25(37)13-5-21)31(48-35(43)23-8-16-27(39)17-9-23)30(47-34(42)22-6-14-26(38)15-7-22)28(45-19)18-44-32(40)20-2-10-24(36)11-3-20/h2-17,19,28-31H,18H2,1H3/t19-,28-,29+,30-,31-/m1/s1. The average molecular weight is 910 g/mol. The van der Waals surface area contributed by atoms with E-state index >= 15 is 0 Å². The van der Waals surface area contributed by atoms with Crippen LogP contribution in [0.2, 0.25) is 0 Å². The predicted octanol–water partition coefficient (Wildman–Crippen LogP) is 8.36. The van der Waals surface area contributed by atoms with Gasteiger partial charge in [-0.25, -0.2) is 19.2 Å². The van der Waals surface area contributed by atoms with Crippen molar-refractivity contribution >= 4 is 87.6 Å². The highest BCUT2D eigenvalue weighted by Gasteiger charge is 2.51. The summed E-state index contributed by atoms with van der Waals surface area (Å²) < 4.78 is 32.7. The molecular weight excluding hydrogens is 884 g/mol. The lowest BCUT2D eigenvalue weighted by atomic mass is 9.94. The first-order valence-corrected chi connectivity index (χ1v) is 17.6. The second-order valence-corrected chi connectivity index (χ2v) is 14.3. The second-order valence-electron chi connectivity index (χ2n) is 10.6. The molecule has 1 fully saturated rings. The summed E-state index contributed by atoms with van der Waals surface area (Å²) >= 11 is 13.4. The number of rotatable bonds is 9. The summed E-state index contributed by atoms with van der Waals surface area (Å²) in [5.41, 5.74) is 0.915. The maximum Gasteiger partial charge on any atom is 0.338 e. The van der Waals surface area contributed by atoms with Gasteiger partial charge in [0.25, 0.3) is 0 Å². The lowest BCUT2D eigenvalue weighted by Crippen LogP contribution is -2.61. The molecule has 0 aliphatic carbocycles. The van der Waals surface area contributed by atoms with E-state index in [4.69, 9.17) is 23.7 Å². The van der Waals surface area contributed by atoms with E-state index in [1.807, 2.05) is 0 Å². The smallest absolute Gasteiger partial charge is 0.338 e. The third-order valence-electron chi connectivity index (χ3n) is 7.29. The van der Waals surface area contributed by atoms with Crippen LogP contribution in [0.15, 0.2) is 115 Å². The molecule has 13 heteroatoms. The Morgan fingerprint density at radius 1 is 0.500 bits per heavy atom. The quantitative estimate of drug-likeness (QED) is 0.121. The van der Waals surface area contributed by atoms with Gasteiger partial charge in [0.05, 0.1) is 28.4 Å². The van der Waals surface area contributed by atoms with Crippen LogP contribution >= 0.6 is 63.7 Å². The molecule has 0 amide bonds. The van der Waals surface area contributed by atoms with Crippen LogP contribution in [0.3, 0.4) is 0 Å². The molecule has 1 aliphatic heterocycles. The number of esters is 4. The van der Waals surface area contributed by atoms with Crippen LogP contribution in [0.4, 0.5) is 0 Å². The van der Waals surface area contributed by atoms with E-state index in [0.717, 1.165) is 17.9 Å². The lowest BCUT2D eigenvalue weighted by molar-refractivity contribution is -0.224. The fourth-order valence-corrected chi connectivity index (χ4v) is 5.89. The lowest BCUT2D eigenvalue weighted by Gasteiger charge is -2.43. The van der Waals surface area contributed by atoms with Crippen LogP contribution in [-0.4, -0.2) is 61.0 Å². The zero-order valence-corrected chi connectivity index (χ0v) is 31.4. The highest BCUT2D eigenvalue weighted by Crippen LogP contribution is 2.31. The number of carbonyl (C=O) groups is 4. The molecule has 0 radical (unpaired) electrons. The molecule has 4 aromatic carbocycles. The molecule has 4 aromatic rings. The molecule has 248 valence electrons. The third-order valence-corrected chi connectivity index (χ3v) is 9.41. The van der Waals surface area contributed by atoms with Crippen molar-refractivity contribution in [2.24, 2.45) is 0 Å². The summed E-state index contributed by atoms with van der Waals surface area (Å²) in [4.78, 5) is 53.3. The molecule has 0 unspecified atom stereocenters. The van der Waals surface area contributed by atoms with Crippen molar-refractivity contribution < 1.29 is 42.9 Å². The van der Waals surface area contributed by atoms with Gasteiger partial charge >= 0.3 is 23.9 Å². The predicted molar refractivity (Wildman–Crippen MR) is 189 cm³/mol. The number of halogens is 4. The first kappa shape index (κ1) is 35.9. The van der Waals surface area contributed by atoms with Crippen LogP contribution in [0.25, 0.3) is 0 Å². The van der Waals surface area contributed by atoms with Gasteiger partial charge in [0, 0.05) is 17.9 Å². The van der Waals surface area contributed by atoms with Crippen molar-refractivity contribution in [3.63, 3.8) is 0 Å². The fraction of sp³-hybridized carbons (Fsp3) is 0.200. The molecule has 1 heterocycles. The van der Waals surface area contributed by atoms with Crippen LogP contribution in [0.1, 0.15) is 48.4 Å². The van der Waals surface area contributed by atoms with Crippen molar-refractivity contribution in [1.82, 2.24) is 0 Å². The van der Waals surface area contributed by atoms with Gasteiger partial charge in [-0.1, -0.05) is 63.7 Å². The summed E-state index contributed by atoms with van der Waals surface area (Å²) in [5, 5.41) is 0. The molecule has 0 aromatic heterocycles. The van der Waals surface area contributed by atoms with Crippen LogP contribution < -0.4 is 0 Å². The van der Waals surface area contributed by atoms with E-state index in [1.165, 1.54) is 0 Å². The average Bonchev–Trinajstić information content (AvgIpc) is 3.07. The molecular formula is C35H26Br4O9. The Balaban J connectivity index is 1.49. The molecule has 1 saturated heterocycles. The van der Waals surface area contributed by atoms with Crippen molar-refractivity contribution in [2.75, 3.05) is 6.61 Å². The van der Waals surface area contributed by atoms with E-state index in [2.05, 4.69) is 63.7 Å². The summed E-state index contributed by atoms with van der Waals surface area (Å²) in [6, 6.07) is 25.9. The van der Waals surface area contributed by atoms with E-state index < -0.39 is 54.4 Å². The van der Waals surface area contributed by atoms with Gasteiger partial charge in [-0.05, 0) is 104 Å². The molecule has 5 atom stereocenters. The molecule has 0 N–H and O–H groups in total. The summed E-state index contributed by atoms with van der Waals surface area (Å²) in [6.45, 7) is 1.24. The summed E-state index contributed by atoms with van der Waals surface area (Å²) in [7, 11) is 0. The van der Waals surface area contributed by atoms with Crippen molar-refractivity contribution in [3.05, 3.63) is 137 Å². The van der Waals surface area contributed by atoms with Gasteiger partial charge in [-0.2, -0.15) is 0 Å². The molecule has 0 spiro atoms. The van der Waals surface area contributed by atoms with E-state index in [1.54, 1.807) is 104 Å². The topological polar surface area (TPSA) is 114 Å². The number of carbonyl (C=O) groups excluding carboxylic acids is 4. The number of ether oxygens (including phenoxy) is 5. The van der Waals surface area contributed by atoms with Gasteiger partial charge in [0.1, 0.15) is 12.7 Å². The minimum atomic E-state index is -1.38. The molecule has 9 nitrogen and oxygen atoms in total. The monoisotopic (exact) mass is 906 g/mol. The Morgan fingerprint density at radius 2 is 0.812 bits per heavy atom. The van der Waals surface area contributed by atoms with Gasteiger partial charge in [0.15, 0.2) is 18.3 Å². The van der Waals surface area contributed by atoms with Crippen molar-refractivity contribution in [1.29, 1.82) is 0 Å². The molecule has 1 aliphatic rings. The largest absolute Gasteiger partial charge is 0.459 e. The van der Waals surface area contributed by atoms with Crippen molar-refractivity contribution in [3.8, 4) is 0 Å². The highest BCUT2D eigenvalue weighted by atomic mass is 79.9. The highest BCUT2D eigenvalue weighted by molar-refractivity contribution is 9.11. The Kier molecular flexibility index (Phi) is 12.2. The van der Waals surface area contributed by atoms with Gasteiger partial charge < -0.3 is 23.7 Å². The summed E-state index contributed by atoms with van der Waals surface area (Å²) in [6.07, 6.45) is -6.01. The van der Waals surface area contributed by atoms with E-state index in [9.17, 15) is 19.2 Å².